The first-order valence-corrected chi connectivity index (χ1v) is 21.2. The number of unbranched alkanes of at least 4 members (excludes halogenated alkanes) is 22. The Labute approximate surface area is 304 Å². The molecule has 6 heteroatoms. The predicted molar refractivity (Wildman–Crippen MR) is 206 cm³/mol. The molecule has 0 rings (SSSR count). The molecule has 0 fully saturated rings. The van der Waals surface area contributed by atoms with Gasteiger partial charge in [0, 0.05) is 19.3 Å². The smallest absolute Gasteiger partial charge is 0.306 e. The molecule has 0 aromatic carbocycles. The Kier molecular flexibility index (Phi) is 35.0. The fraction of sp³-hybridized carbons (Fsp3) is 0.930. The van der Waals surface area contributed by atoms with Crippen molar-refractivity contribution in [2.24, 2.45) is 11.8 Å². The number of carbonyl (C=O) groups is 3. The zero-order valence-corrected chi connectivity index (χ0v) is 33.3. The molecule has 0 saturated carbocycles. The second-order valence-corrected chi connectivity index (χ2v) is 15.6. The second kappa shape index (κ2) is 36.2. The zero-order valence-electron chi connectivity index (χ0n) is 33.3. The summed E-state index contributed by atoms with van der Waals surface area (Å²) < 4.78 is 16.6. The Morgan fingerprint density at radius 3 is 1.00 bits per heavy atom. The Hall–Kier alpha value is -1.59. The Morgan fingerprint density at radius 2 is 0.673 bits per heavy atom. The van der Waals surface area contributed by atoms with E-state index in [1.165, 1.54) is 116 Å². The van der Waals surface area contributed by atoms with Gasteiger partial charge in [-0.1, -0.05) is 189 Å². The van der Waals surface area contributed by atoms with Crippen LogP contribution in [0.1, 0.15) is 227 Å². The second-order valence-electron chi connectivity index (χ2n) is 15.6. The van der Waals surface area contributed by atoms with Crippen molar-refractivity contribution in [1.29, 1.82) is 0 Å². The van der Waals surface area contributed by atoms with Crippen molar-refractivity contribution in [2.45, 2.75) is 233 Å². The third kappa shape index (κ3) is 37.5. The molecule has 0 bridgehead atoms. The maximum Gasteiger partial charge on any atom is 0.306 e. The van der Waals surface area contributed by atoms with E-state index in [9.17, 15) is 14.4 Å². The SMILES string of the molecule is CCCCCCCCCCCCC(=O)O[C@H](COC(=O)CCCCCCCCCCCC(C)C)COC(=O)CCCCCCCCC(C)C. The molecule has 290 valence electrons. The highest BCUT2D eigenvalue weighted by atomic mass is 16.6. The number of carbonyl (C=O) groups excluding carboxylic acids is 3. The summed E-state index contributed by atoms with van der Waals surface area (Å²) >= 11 is 0. The van der Waals surface area contributed by atoms with Crippen LogP contribution in [-0.2, 0) is 28.6 Å². The molecule has 0 aromatic rings. The first kappa shape index (κ1) is 47.4. The number of hydrogen-bond acceptors (Lipinski definition) is 6. The number of ether oxygens (including phenoxy) is 3. The first-order valence-electron chi connectivity index (χ1n) is 21.2. The van der Waals surface area contributed by atoms with Gasteiger partial charge in [0.1, 0.15) is 13.2 Å². The van der Waals surface area contributed by atoms with Crippen LogP contribution in [0.5, 0.6) is 0 Å². The van der Waals surface area contributed by atoms with Gasteiger partial charge in [0.25, 0.3) is 0 Å². The molecule has 0 aliphatic rings. The molecule has 0 spiro atoms. The van der Waals surface area contributed by atoms with Crippen LogP contribution in [-0.4, -0.2) is 37.2 Å². The lowest BCUT2D eigenvalue weighted by Crippen LogP contribution is -2.30. The van der Waals surface area contributed by atoms with E-state index in [4.69, 9.17) is 14.2 Å². The molecular weight excluding hydrogens is 612 g/mol. The van der Waals surface area contributed by atoms with Crippen molar-refractivity contribution >= 4 is 17.9 Å². The van der Waals surface area contributed by atoms with E-state index in [-0.39, 0.29) is 31.1 Å². The summed E-state index contributed by atoms with van der Waals surface area (Å²) in [6.07, 6.45) is 32.4. The van der Waals surface area contributed by atoms with Gasteiger partial charge in [-0.3, -0.25) is 14.4 Å². The van der Waals surface area contributed by atoms with E-state index < -0.39 is 6.10 Å². The van der Waals surface area contributed by atoms with Gasteiger partial charge in [0.15, 0.2) is 6.10 Å². The van der Waals surface area contributed by atoms with Crippen LogP contribution < -0.4 is 0 Å². The van der Waals surface area contributed by atoms with Crippen molar-refractivity contribution < 1.29 is 28.6 Å². The van der Waals surface area contributed by atoms with Crippen LogP contribution in [0.3, 0.4) is 0 Å². The average Bonchev–Trinajstić information content (AvgIpc) is 3.06. The van der Waals surface area contributed by atoms with Gasteiger partial charge in [-0.15, -0.1) is 0 Å². The van der Waals surface area contributed by atoms with Crippen LogP contribution in [0.25, 0.3) is 0 Å². The highest BCUT2D eigenvalue weighted by molar-refractivity contribution is 5.71. The van der Waals surface area contributed by atoms with Gasteiger partial charge >= 0.3 is 17.9 Å². The molecule has 0 aliphatic carbocycles. The highest BCUT2D eigenvalue weighted by Gasteiger charge is 2.19. The van der Waals surface area contributed by atoms with Crippen molar-refractivity contribution in [3.05, 3.63) is 0 Å². The summed E-state index contributed by atoms with van der Waals surface area (Å²) in [5, 5.41) is 0. The van der Waals surface area contributed by atoms with Crippen molar-refractivity contribution in [2.75, 3.05) is 13.2 Å². The zero-order chi connectivity index (χ0) is 36.2. The minimum atomic E-state index is -0.759. The van der Waals surface area contributed by atoms with Crippen LogP contribution in [0.2, 0.25) is 0 Å². The molecule has 0 radical (unpaired) electrons. The van der Waals surface area contributed by atoms with E-state index in [0.717, 1.165) is 69.6 Å². The summed E-state index contributed by atoms with van der Waals surface area (Å²) in [5.74, 6) is 0.704. The van der Waals surface area contributed by atoms with Crippen LogP contribution in [0.15, 0.2) is 0 Å². The number of hydrogen-bond donors (Lipinski definition) is 0. The molecule has 0 N–H and O–H groups in total. The van der Waals surface area contributed by atoms with E-state index >= 15 is 0 Å². The average molecular weight is 695 g/mol. The normalized spacial score (nSPS) is 12.1. The van der Waals surface area contributed by atoms with E-state index in [2.05, 4.69) is 34.6 Å². The molecule has 49 heavy (non-hydrogen) atoms. The van der Waals surface area contributed by atoms with Crippen molar-refractivity contribution in [1.82, 2.24) is 0 Å². The van der Waals surface area contributed by atoms with Crippen LogP contribution in [0, 0.1) is 11.8 Å². The summed E-state index contributed by atoms with van der Waals surface area (Å²) in [7, 11) is 0. The largest absolute Gasteiger partial charge is 0.462 e. The van der Waals surface area contributed by atoms with E-state index in [0.29, 0.717) is 19.3 Å². The fourth-order valence-electron chi connectivity index (χ4n) is 6.22. The number of rotatable bonds is 37. The Balaban J connectivity index is 4.34. The molecule has 0 saturated heterocycles. The lowest BCUT2D eigenvalue weighted by atomic mass is 10.0. The molecule has 6 nitrogen and oxygen atoms in total. The third-order valence-electron chi connectivity index (χ3n) is 9.47. The maximum absolute atomic E-state index is 12.6. The minimum absolute atomic E-state index is 0.0664. The van der Waals surface area contributed by atoms with Crippen molar-refractivity contribution in [3.8, 4) is 0 Å². The summed E-state index contributed by atoms with van der Waals surface area (Å²) in [5.41, 5.74) is 0. The molecule has 1 atom stereocenters. The molecule has 0 unspecified atom stereocenters. The van der Waals surface area contributed by atoms with E-state index in [1.54, 1.807) is 0 Å². The van der Waals surface area contributed by atoms with E-state index in [1.807, 2.05) is 0 Å². The molecule has 0 aromatic heterocycles. The topological polar surface area (TPSA) is 78.9 Å². The van der Waals surface area contributed by atoms with Gasteiger partial charge in [-0.05, 0) is 31.1 Å². The molecule has 0 heterocycles. The van der Waals surface area contributed by atoms with Crippen LogP contribution in [0.4, 0.5) is 0 Å². The summed E-state index contributed by atoms with van der Waals surface area (Å²) in [4.78, 5) is 37.5. The van der Waals surface area contributed by atoms with Gasteiger partial charge in [0.2, 0.25) is 0 Å². The molecule has 0 aliphatic heterocycles. The maximum atomic E-state index is 12.6. The van der Waals surface area contributed by atoms with Crippen LogP contribution >= 0.6 is 0 Å². The third-order valence-corrected chi connectivity index (χ3v) is 9.47. The summed E-state index contributed by atoms with van der Waals surface area (Å²) in [6, 6.07) is 0. The molecule has 0 amide bonds. The molecular formula is C43H82O6. The van der Waals surface area contributed by atoms with Gasteiger partial charge < -0.3 is 14.2 Å². The standard InChI is InChI=1S/C43H82O6/c1-6-7-8-9-10-11-14-18-25-30-35-43(46)49-40(37-48-42(45)34-29-24-20-19-22-27-32-39(4)5)36-47-41(44)33-28-23-17-15-12-13-16-21-26-31-38(2)3/h38-40H,6-37H2,1-5H3/t40-/m1/s1. The Morgan fingerprint density at radius 1 is 0.388 bits per heavy atom. The first-order chi connectivity index (χ1) is 23.7. The van der Waals surface area contributed by atoms with Gasteiger partial charge in [-0.2, -0.15) is 0 Å². The quantitative estimate of drug-likeness (QED) is 0.0366. The number of esters is 3. The fourth-order valence-corrected chi connectivity index (χ4v) is 6.22. The predicted octanol–water partition coefficient (Wildman–Crippen LogP) is 13.0. The van der Waals surface area contributed by atoms with Crippen molar-refractivity contribution in [3.63, 3.8) is 0 Å². The Bertz CT molecular complexity index is 749. The highest BCUT2D eigenvalue weighted by Crippen LogP contribution is 2.16. The summed E-state index contributed by atoms with van der Waals surface area (Å²) in [6.45, 7) is 11.2. The lowest BCUT2D eigenvalue weighted by Gasteiger charge is -2.18. The monoisotopic (exact) mass is 695 g/mol. The minimum Gasteiger partial charge on any atom is -0.462 e. The van der Waals surface area contributed by atoms with Gasteiger partial charge in [-0.25, -0.2) is 0 Å². The lowest BCUT2D eigenvalue weighted by molar-refractivity contribution is -0.167. The van der Waals surface area contributed by atoms with Gasteiger partial charge in [0.05, 0.1) is 0 Å².